The van der Waals surface area contributed by atoms with Gasteiger partial charge in [0.15, 0.2) is 0 Å². The predicted octanol–water partition coefficient (Wildman–Crippen LogP) is 2.27. The first-order valence-corrected chi connectivity index (χ1v) is 5.40. The smallest absolute Gasteiger partial charge is 0.273 e. The molecule has 0 aliphatic heterocycles. The van der Waals surface area contributed by atoms with Crippen LogP contribution >= 0.6 is 22.6 Å². The van der Waals surface area contributed by atoms with E-state index < -0.39 is 0 Å². The maximum atomic E-state index is 11.6. The number of carbonyl (C=O) groups is 1. The maximum absolute atomic E-state index is 11.6. The van der Waals surface area contributed by atoms with Crippen molar-refractivity contribution in [3.8, 4) is 0 Å². The van der Waals surface area contributed by atoms with Gasteiger partial charge >= 0.3 is 0 Å². The first-order valence-electron chi connectivity index (χ1n) is 4.32. The molecule has 1 heterocycles. The summed E-state index contributed by atoms with van der Waals surface area (Å²) in [6.07, 6.45) is 1.55. The van der Waals surface area contributed by atoms with Crippen LogP contribution in [0.4, 0.5) is 5.69 Å². The zero-order valence-corrected chi connectivity index (χ0v) is 9.86. The first-order chi connectivity index (χ1) is 7.27. The number of benzene rings is 1. The van der Waals surface area contributed by atoms with Crippen molar-refractivity contribution < 1.29 is 4.79 Å². The standard InChI is InChI=1S/C10H8IN3O/c11-7-3-1-2-4-8(7)13-10(15)9-5-6-12-14-9/h1-6H,(H,12,14)(H,13,15). The fraction of sp³-hybridized carbons (Fsp3) is 0. The molecule has 0 saturated heterocycles. The Kier molecular flexibility index (Phi) is 3.00. The molecule has 0 saturated carbocycles. The molecule has 0 aliphatic rings. The Hall–Kier alpha value is -1.37. The molecular weight excluding hydrogens is 305 g/mol. The monoisotopic (exact) mass is 313 g/mol. The minimum atomic E-state index is -0.184. The van der Waals surface area contributed by atoms with E-state index in [1.54, 1.807) is 12.3 Å². The molecule has 1 aromatic heterocycles. The zero-order chi connectivity index (χ0) is 10.7. The van der Waals surface area contributed by atoms with E-state index in [-0.39, 0.29) is 5.91 Å². The van der Waals surface area contributed by atoms with Gasteiger partial charge in [-0.15, -0.1) is 0 Å². The highest BCUT2D eigenvalue weighted by molar-refractivity contribution is 14.1. The minimum absolute atomic E-state index is 0.184. The van der Waals surface area contributed by atoms with Crippen molar-refractivity contribution in [2.45, 2.75) is 0 Å². The normalized spacial score (nSPS) is 9.93. The number of carbonyl (C=O) groups excluding carboxylic acids is 1. The molecule has 0 atom stereocenters. The van der Waals surface area contributed by atoms with Crippen LogP contribution in [0.1, 0.15) is 10.5 Å². The lowest BCUT2D eigenvalue weighted by atomic mass is 10.3. The second kappa shape index (κ2) is 4.43. The quantitative estimate of drug-likeness (QED) is 0.836. The fourth-order valence-electron chi connectivity index (χ4n) is 1.13. The molecule has 0 aliphatic carbocycles. The van der Waals surface area contributed by atoms with E-state index in [0.717, 1.165) is 9.26 Å². The Labute approximate surface area is 100 Å². The summed E-state index contributed by atoms with van der Waals surface area (Å²) >= 11 is 2.17. The molecule has 76 valence electrons. The number of nitrogens with one attached hydrogen (secondary N) is 2. The lowest BCUT2D eigenvalue weighted by molar-refractivity contribution is 0.102. The molecule has 2 rings (SSSR count). The van der Waals surface area contributed by atoms with E-state index in [9.17, 15) is 4.79 Å². The number of anilines is 1. The van der Waals surface area contributed by atoms with Crippen LogP contribution in [0.25, 0.3) is 0 Å². The number of hydrogen-bond donors (Lipinski definition) is 2. The number of aromatic nitrogens is 2. The van der Waals surface area contributed by atoms with Crippen LogP contribution in [-0.4, -0.2) is 16.1 Å². The third kappa shape index (κ3) is 2.35. The van der Waals surface area contributed by atoms with Gasteiger partial charge in [0.25, 0.3) is 5.91 Å². The van der Waals surface area contributed by atoms with Gasteiger partial charge in [-0.05, 0) is 40.8 Å². The Bertz CT molecular complexity index is 467. The summed E-state index contributed by atoms with van der Waals surface area (Å²) < 4.78 is 1.00. The molecule has 0 unspecified atom stereocenters. The van der Waals surface area contributed by atoms with Crippen molar-refractivity contribution in [3.05, 3.63) is 45.8 Å². The molecule has 15 heavy (non-hydrogen) atoms. The maximum Gasteiger partial charge on any atom is 0.273 e. The SMILES string of the molecule is O=C(Nc1ccccc1I)c1ccn[nH]1. The van der Waals surface area contributed by atoms with Gasteiger partial charge in [-0.2, -0.15) is 5.10 Å². The van der Waals surface area contributed by atoms with Crippen molar-refractivity contribution >= 4 is 34.2 Å². The number of rotatable bonds is 2. The lowest BCUT2D eigenvalue weighted by Crippen LogP contribution is -2.13. The minimum Gasteiger partial charge on any atom is -0.320 e. The fourth-order valence-corrected chi connectivity index (χ4v) is 1.66. The van der Waals surface area contributed by atoms with E-state index in [2.05, 4.69) is 38.1 Å². The average molecular weight is 313 g/mol. The molecule has 4 nitrogen and oxygen atoms in total. The summed E-state index contributed by atoms with van der Waals surface area (Å²) in [5.41, 5.74) is 1.26. The Morgan fingerprint density at radius 3 is 2.80 bits per heavy atom. The molecular formula is C10H8IN3O. The first kappa shape index (κ1) is 10.2. The van der Waals surface area contributed by atoms with Crippen LogP contribution in [0.5, 0.6) is 0 Å². The van der Waals surface area contributed by atoms with E-state index in [1.165, 1.54) is 0 Å². The highest BCUT2D eigenvalue weighted by Crippen LogP contribution is 2.17. The number of nitrogens with zero attached hydrogens (tertiary/aromatic N) is 1. The molecule has 5 heteroatoms. The van der Waals surface area contributed by atoms with Crippen LogP contribution in [0.2, 0.25) is 0 Å². The van der Waals surface area contributed by atoms with Crippen molar-refractivity contribution in [1.29, 1.82) is 0 Å². The van der Waals surface area contributed by atoms with E-state index >= 15 is 0 Å². The van der Waals surface area contributed by atoms with Gasteiger partial charge in [0, 0.05) is 9.77 Å². The number of aromatic amines is 1. The molecule has 0 radical (unpaired) electrons. The second-order valence-electron chi connectivity index (χ2n) is 2.90. The van der Waals surface area contributed by atoms with E-state index in [1.807, 2.05) is 24.3 Å². The highest BCUT2D eigenvalue weighted by Gasteiger charge is 2.08. The van der Waals surface area contributed by atoms with Crippen molar-refractivity contribution in [3.63, 3.8) is 0 Å². The Morgan fingerprint density at radius 1 is 1.33 bits per heavy atom. The van der Waals surface area contributed by atoms with E-state index in [4.69, 9.17) is 0 Å². The predicted molar refractivity (Wildman–Crippen MR) is 65.7 cm³/mol. The average Bonchev–Trinajstić information content (AvgIpc) is 2.74. The molecule has 0 bridgehead atoms. The summed E-state index contributed by atoms with van der Waals surface area (Å²) in [6.45, 7) is 0. The number of H-pyrrole nitrogens is 1. The van der Waals surface area contributed by atoms with Crippen molar-refractivity contribution in [2.24, 2.45) is 0 Å². The largest absolute Gasteiger partial charge is 0.320 e. The van der Waals surface area contributed by atoms with Crippen LogP contribution < -0.4 is 5.32 Å². The van der Waals surface area contributed by atoms with Crippen molar-refractivity contribution in [1.82, 2.24) is 10.2 Å². The Balaban J connectivity index is 2.17. The molecule has 2 N–H and O–H groups in total. The molecule has 0 fully saturated rings. The lowest BCUT2D eigenvalue weighted by Gasteiger charge is -2.04. The van der Waals surface area contributed by atoms with Crippen molar-refractivity contribution in [2.75, 3.05) is 5.32 Å². The number of halogens is 1. The third-order valence-electron chi connectivity index (χ3n) is 1.87. The molecule has 2 aromatic rings. The Morgan fingerprint density at radius 2 is 2.13 bits per heavy atom. The summed E-state index contributed by atoms with van der Waals surface area (Å²) in [4.78, 5) is 11.6. The number of hydrogen-bond acceptors (Lipinski definition) is 2. The molecule has 1 amide bonds. The van der Waals surface area contributed by atoms with Gasteiger partial charge in [0.1, 0.15) is 5.69 Å². The van der Waals surface area contributed by atoms with Gasteiger partial charge in [-0.25, -0.2) is 0 Å². The summed E-state index contributed by atoms with van der Waals surface area (Å²) in [7, 11) is 0. The topological polar surface area (TPSA) is 57.8 Å². The molecule has 0 spiro atoms. The zero-order valence-electron chi connectivity index (χ0n) is 7.70. The summed E-state index contributed by atoms with van der Waals surface area (Å²) in [5.74, 6) is -0.184. The van der Waals surface area contributed by atoms with Gasteiger partial charge in [-0.1, -0.05) is 12.1 Å². The van der Waals surface area contributed by atoms with Gasteiger partial charge < -0.3 is 5.32 Å². The van der Waals surface area contributed by atoms with Gasteiger partial charge in [-0.3, -0.25) is 9.89 Å². The third-order valence-corrected chi connectivity index (χ3v) is 2.81. The number of amides is 1. The van der Waals surface area contributed by atoms with Crippen LogP contribution in [0, 0.1) is 3.57 Å². The van der Waals surface area contributed by atoms with E-state index in [0.29, 0.717) is 5.69 Å². The van der Waals surface area contributed by atoms with Gasteiger partial charge in [0.05, 0.1) is 5.69 Å². The van der Waals surface area contributed by atoms with Gasteiger partial charge in [0.2, 0.25) is 0 Å². The van der Waals surface area contributed by atoms with Crippen LogP contribution in [-0.2, 0) is 0 Å². The second-order valence-corrected chi connectivity index (χ2v) is 4.07. The molecule has 1 aromatic carbocycles. The summed E-state index contributed by atoms with van der Waals surface area (Å²) in [6, 6.07) is 9.22. The van der Waals surface area contributed by atoms with Crippen LogP contribution in [0.3, 0.4) is 0 Å². The van der Waals surface area contributed by atoms with Crippen LogP contribution in [0.15, 0.2) is 36.5 Å². The highest BCUT2D eigenvalue weighted by atomic mass is 127. The number of para-hydroxylation sites is 1. The summed E-state index contributed by atoms with van der Waals surface area (Å²) in [5, 5.41) is 9.13.